The van der Waals surface area contributed by atoms with Crippen molar-refractivity contribution in [1.29, 1.82) is 0 Å². The molecule has 1 atom stereocenters. The van der Waals surface area contributed by atoms with Crippen molar-refractivity contribution in [2.45, 2.75) is 19.8 Å². The van der Waals surface area contributed by atoms with Gasteiger partial charge in [-0.15, -0.1) is 0 Å². The number of fused-ring (bicyclic) bond motifs is 1. The van der Waals surface area contributed by atoms with E-state index in [2.05, 4.69) is 27.8 Å². The summed E-state index contributed by atoms with van der Waals surface area (Å²) in [6, 6.07) is 7.69. The van der Waals surface area contributed by atoms with Crippen LogP contribution in [0.5, 0.6) is 0 Å². The Bertz CT molecular complexity index is 656. The Hall–Kier alpha value is -1.42. The Kier molecular flexibility index (Phi) is 3.74. The normalized spacial score (nSPS) is 19.3. The molecule has 1 fully saturated rings. The van der Waals surface area contributed by atoms with Crippen LogP contribution in [0, 0.1) is 5.92 Å². The lowest BCUT2D eigenvalue weighted by atomic mass is 9.99. The van der Waals surface area contributed by atoms with Crippen LogP contribution < -0.4 is 0 Å². The second-order valence-electron chi connectivity index (χ2n) is 5.49. The highest BCUT2D eigenvalue weighted by molar-refractivity contribution is 9.10. The van der Waals surface area contributed by atoms with E-state index in [0.29, 0.717) is 5.92 Å². The maximum absolute atomic E-state index is 12.8. The lowest BCUT2D eigenvalue weighted by molar-refractivity contribution is 0.0685. The molecule has 0 saturated carbocycles. The topological polar surface area (TPSA) is 33.2 Å². The molecule has 3 rings (SSSR count). The molecular formula is C16H17BrN2O. The average molecular weight is 333 g/mol. The smallest absolute Gasteiger partial charge is 0.254 e. The molecule has 0 aliphatic carbocycles. The first-order valence-electron chi connectivity index (χ1n) is 6.99. The minimum atomic E-state index is 0.127. The molecule has 1 aliphatic rings. The maximum Gasteiger partial charge on any atom is 0.254 e. The number of likely N-dealkylation sites (tertiary alicyclic amines) is 1. The Morgan fingerprint density at radius 3 is 3.05 bits per heavy atom. The number of para-hydroxylation sites is 1. The lowest BCUT2D eigenvalue weighted by Crippen LogP contribution is -2.39. The number of benzene rings is 1. The fourth-order valence-corrected chi connectivity index (χ4v) is 3.34. The molecule has 0 N–H and O–H groups in total. The van der Waals surface area contributed by atoms with Crippen molar-refractivity contribution < 1.29 is 4.79 Å². The number of hydrogen-bond acceptors (Lipinski definition) is 2. The van der Waals surface area contributed by atoms with E-state index in [-0.39, 0.29) is 5.91 Å². The van der Waals surface area contributed by atoms with Crippen LogP contribution in [-0.2, 0) is 0 Å². The van der Waals surface area contributed by atoms with Crippen LogP contribution in [0.1, 0.15) is 30.1 Å². The summed E-state index contributed by atoms with van der Waals surface area (Å²) in [5.74, 6) is 0.717. The monoisotopic (exact) mass is 332 g/mol. The molecule has 1 saturated heterocycles. The first kappa shape index (κ1) is 13.6. The van der Waals surface area contributed by atoms with Gasteiger partial charge in [0.15, 0.2) is 0 Å². The molecule has 2 aromatic rings. The molecule has 104 valence electrons. The van der Waals surface area contributed by atoms with E-state index in [9.17, 15) is 4.79 Å². The first-order chi connectivity index (χ1) is 9.66. The maximum atomic E-state index is 12.8. The number of halogens is 1. The lowest BCUT2D eigenvalue weighted by Gasteiger charge is -2.31. The van der Waals surface area contributed by atoms with Crippen LogP contribution in [0.2, 0.25) is 0 Å². The van der Waals surface area contributed by atoms with Gasteiger partial charge in [0.05, 0.1) is 11.1 Å². The molecular weight excluding hydrogens is 316 g/mol. The molecule has 1 aromatic carbocycles. The van der Waals surface area contributed by atoms with Crippen molar-refractivity contribution in [2.75, 3.05) is 13.1 Å². The number of rotatable bonds is 1. The van der Waals surface area contributed by atoms with E-state index >= 15 is 0 Å². The fraction of sp³-hybridized carbons (Fsp3) is 0.375. The Balaban J connectivity index is 2.01. The quantitative estimate of drug-likeness (QED) is 0.794. The zero-order chi connectivity index (χ0) is 14.1. The summed E-state index contributed by atoms with van der Waals surface area (Å²) in [4.78, 5) is 19.1. The van der Waals surface area contributed by atoms with Crippen LogP contribution in [0.25, 0.3) is 10.9 Å². The Morgan fingerprint density at radius 2 is 2.25 bits per heavy atom. The number of hydrogen-bond donors (Lipinski definition) is 0. The van der Waals surface area contributed by atoms with Crippen molar-refractivity contribution in [3.63, 3.8) is 0 Å². The van der Waals surface area contributed by atoms with Gasteiger partial charge in [-0.3, -0.25) is 9.78 Å². The fourth-order valence-electron chi connectivity index (χ4n) is 2.87. The summed E-state index contributed by atoms with van der Waals surface area (Å²) in [7, 11) is 0. The van der Waals surface area contributed by atoms with Crippen molar-refractivity contribution in [3.8, 4) is 0 Å². The number of carbonyl (C=O) groups is 1. The van der Waals surface area contributed by atoms with Gasteiger partial charge >= 0.3 is 0 Å². The molecule has 2 heterocycles. The number of pyridine rings is 1. The van der Waals surface area contributed by atoms with Gasteiger partial charge in [0.25, 0.3) is 5.91 Å². The largest absolute Gasteiger partial charge is 0.338 e. The average Bonchev–Trinajstić information content (AvgIpc) is 2.46. The Morgan fingerprint density at radius 1 is 1.40 bits per heavy atom. The predicted molar refractivity (Wildman–Crippen MR) is 83.7 cm³/mol. The molecule has 0 radical (unpaired) electrons. The molecule has 1 amide bonds. The third kappa shape index (κ3) is 2.44. The summed E-state index contributed by atoms with van der Waals surface area (Å²) in [5.41, 5.74) is 1.61. The minimum Gasteiger partial charge on any atom is -0.338 e. The van der Waals surface area contributed by atoms with Gasteiger partial charge in [0.1, 0.15) is 0 Å². The van der Waals surface area contributed by atoms with Crippen molar-refractivity contribution in [2.24, 2.45) is 5.92 Å². The highest BCUT2D eigenvalue weighted by Crippen LogP contribution is 2.26. The molecule has 0 spiro atoms. The number of carbonyl (C=O) groups excluding carboxylic acids is 1. The van der Waals surface area contributed by atoms with Gasteiger partial charge in [-0.1, -0.05) is 19.1 Å². The zero-order valence-electron chi connectivity index (χ0n) is 11.5. The van der Waals surface area contributed by atoms with Crippen LogP contribution >= 0.6 is 15.9 Å². The zero-order valence-corrected chi connectivity index (χ0v) is 13.1. The van der Waals surface area contributed by atoms with Gasteiger partial charge in [-0.2, -0.15) is 0 Å². The molecule has 1 aromatic heterocycles. The van der Waals surface area contributed by atoms with Crippen LogP contribution in [0.3, 0.4) is 0 Å². The highest BCUT2D eigenvalue weighted by Gasteiger charge is 2.23. The van der Waals surface area contributed by atoms with Crippen molar-refractivity contribution in [1.82, 2.24) is 9.88 Å². The second kappa shape index (κ2) is 5.52. The van der Waals surface area contributed by atoms with E-state index < -0.39 is 0 Å². The van der Waals surface area contributed by atoms with E-state index in [0.717, 1.165) is 40.4 Å². The third-order valence-electron chi connectivity index (χ3n) is 3.90. The molecule has 0 unspecified atom stereocenters. The van der Waals surface area contributed by atoms with Gasteiger partial charge in [0.2, 0.25) is 0 Å². The number of aromatic nitrogens is 1. The SMILES string of the molecule is C[C@@H]1CCCN(C(=O)c2ccnc3c(Br)cccc23)C1. The van der Waals surface area contributed by atoms with Crippen LogP contribution in [0.4, 0.5) is 0 Å². The number of nitrogens with zero attached hydrogens (tertiary/aromatic N) is 2. The number of amides is 1. The standard InChI is InChI=1S/C16H17BrN2O/c1-11-4-3-9-19(10-11)16(20)13-7-8-18-15-12(13)5-2-6-14(15)17/h2,5-8,11H,3-4,9-10H2,1H3/t11-/m1/s1. The van der Waals surface area contributed by atoms with Crippen molar-refractivity contribution >= 4 is 32.7 Å². The summed E-state index contributed by atoms with van der Waals surface area (Å²) >= 11 is 3.50. The minimum absolute atomic E-state index is 0.127. The Labute approximate surface area is 127 Å². The second-order valence-corrected chi connectivity index (χ2v) is 6.35. The molecule has 1 aliphatic heterocycles. The first-order valence-corrected chi connectivity index (χ1v) is 7.78. The summed E-state index contributed by atoms with van der Waals surface area (Å²) in [6.07, 6.45) is 4.03. The predicted octanol–water partition coefficient (Wildman–Crippen LogP) is 3.87. The van der Waals surface area contributed by atoms with Crippen LogP contribution in [0.15, 0.2) is 34.9 Å². The summed E-state index contributed by atoms with van der Waals surface area (Å²) in [5, 5.41) is 0.921. The van der Waals surface area contributed by atoms with E-state index in [1.54, 1.807) is 6.20 Å². The van der Waals surface area contributed by atoms with E-state index in [1.165, 1.54) is 6.42 Å². The van der Waals surface area contributed by atoms with Gasteiger partial charge < -0.3 is 4.90 Å². The van der Waals surface area contributed by atoms with Crippen LogP contribution in [-0.4, -0.2) is 28.9 Å². The molecule has 0 bridgehead atoms. The number of piperidine rings is 1. The highest BCUT2D eigenvalue weighted by atomic mass is 79.9. The van der Waals surface area contributed by atoms with E-state index in [1.807, 2.05) is 29.2 Å². The molecule has 4 heteroatoms. The third-order valence-corrected chi connectivity index (χ3v) is 4.54. The summed E-state index contributed by atoms with van der Waals surface area (Å²) < 4.78 is 0.927. The van der Waals surface area contributed by atoms with Gasteiger partial charge in [0, 0.05) is 29.1 Å². The van der Waals surface area contributed by atoms with Crippen molar-refractivity contribution in [3.05, 3.63) is 40.5 Å². The van der Waals surface area contributed by atoms with Gasteiger partial charge in [-0.25, -0.2) is 0 Å². The molecule has 20 heavy (non-hydrogen) atoms. The van der Waals surface area contributed by atoms with E-state index in [4.69, 9.17) is 0 Å². The molecule has 3 nitrogen and oxygen atoms in total. The van der Waals surface area contributed by atoms with Gasteiger partial charge in [-0.05, 0) is 46.8 Å². The summed E-state index contributed by atoms with van der Waals surface area (Å²) in [6.45, 7) is 3.93.